The van der Waals surface area contributed by atoms with Crippen molar-refractivity contribution in [2.45, 2.75) is 71.0 Å². The number of unbranched alkanes of at least 4 members (excludes halogenated alkanes) is 5. The molecule has 2 radical (unpaired) electrons. The zero-order valence-electron chi connectivity index (χ0n) is 9.03. The molecule has 0 aliphatic carbocycles. The molecular weight excluding hydrogens is 143 g/mol. The minimum Gasteiger partial charge on any atom is -0.0716 e. The summed E-state index contributed by atoms with van der Waals surface area (Å²) in [4.78, 5) is 0. The van der Waals surface area contributed by atoms with Crippen LogP contribution in [0.1, 0.15) is 65.7 Å². The van der Waals surface area contributed by atoms with E-state index in [9.17, 15) is 0 Å². The molecule has 0 heterocycles. The summed E-state index contributed by atoms with van der Waals surface area (Å²) in [5.41, 5.74) is 0. The Hall–Kier alpha value is 0.0649. The highest BCUT2D eigenvalue weighted by Gasteiger charge is 2.07. The standard InChI is InChI=1S/C11H23B/c1-4-5-6-7-8-9-10-11(2,3)12/h4-10H2,1-3H3. The highest BCUT2D eigenvalue weighted by molar-refractivity contribution is 6.14. The molecule has 0 rings (SSSR count). The van der Waals surface area contributed by atoms with E-state index < -0.39 is 0 Å². The lowest BCUT2D eigenvalue weighted by Crippen LogP contribution is -2.01. The third kappa shape index (κ3) is 10.1. The van der Waals surface area contributed by atoms with Crippen LogP contribution in [0.5, 0.6) is 0 Å². The van der Waals surface area contributed by atoms with E-state index in [2.05, 4.69) is 20.8 Å². The Bertz CT molecular complexity index is 91.7. The van der Waals surface area contributed by atoms with Gasteiger partial charge >= 0.3 is 0 Å². The predicted molar refractivity (Wildman–Crippen MR) is 57.8 cm³/mol. The summed E-state index contributed by atoms with van der Waals surface area (Å²) < 4.78 is 0. The van der Waals surface area contributed by atoms with Crippen molar-refractivity contribution in [2.75, 3.05) is 0 Å². The smallest absolute Gasteiger partial charge is 0.0716 e. The van der Waals surface area contributed by atoms with Gasteiger partial charge in [-0.05, 0) is 0 Å². The average Bonchev–Trinajstić information content (AvgIpc) is 1.94. The molecule has 0 bridgehead atoms. The Balaban J connectivity index is 3.01. The van der Waals surface area contributed by atoms with Gasteiger partial charge in [0.05, 0.1) is 7.85 Å². The lowest BCUT2D eigenvalue weighted by Gasteiger charge is -2.17. The van der Waals surface area contributed by atoms with Gasteiger partial charge in [-0.25, -0.2) is 0 Å². The summed E-state index contributed by atoms with van der Waals surface area (Å²) in [6.07, 6.45) is 9.35. The van der Waals surface area contributed by atoms with Crippen LogP contribution in [0.3, 0.4) is 0 Å². The minimum absolute atomic E-state index is 0.0464. The van der Waals surface area contributed by atoms with Gasteiger partial charge in [-0.2, -0.15) is 0 Å². The molecule has 0 spiro atoms. The second-order valence-corrected chi connectivity index (χ2v) is 4.51. The molecule has 70 valence electrons. The van der Waals surface area contributed by atoms with Crippen molar-refractivity contribution < 1.29 is 0 Å². The van der Waals surface area contributed by atoms with Gasteiger partial charge in [0.15, 0.2) is 0 Å². The lowest BCUT2D eigenvalue weighted by molar-refractivity contribution is 0.528. The summed E-state index contributed by atoms with van der Waals surface area (Å²) >= 11 is 0. The topological polar surface area (TPSA) is 0 Å². The van der Waals surface area contributed by atoms with Crippen molar-refractivity contribution >= 4 is 7.85 Å². The van der Waals surface area contributed by atoms with Crippen molar-refractivity contribution in [1.82, 2.24) is 0 Å². The highest BCUT2D eigenvalue weighted by Crippen LogP contribution is 2.26. The van der Waals surface area contributed by atoms with Crippen LogP contribution in [0.15, 0.2) is 0 Å². The van der Waals surface area contributed by atoms with Crippen LogP contribution in [-0.4, -0.2) is 7.85 Å². The van der Waals surface area contributed by atoms with E-state index in [0.29, 0.717) is 0 Å². The second-order valence-electron chi connectivity index (χ2n) is 4.51. The molecule has 0 aromatic rings. The molecular formula is C11H23B. The molecule has 0 aromatic heterocycles. The number of rotatable bonds is 7. The zero-order valence-corrected chi connectivity index (χ0v) is 9.03. The summed E-state index contributed by atoms with van der Waals surface area (Å²) in [5, 5.41) is 0.0464. The quantitative estimate of drug-likeness (QED) is 0.394. The van der Waals surface area contributed by atoms with Gasteiger partial charge in [0.2, 0.25) is 0 Å². The number of hydrogen-bond donors (Lipinski definition) is 0. The summed E-state index contributed by atoms with van der Waals surface area (Å²) in [6, 6.07) is 0. The molecule has 0 N–H and O–H groups in total. The Morgan fingerprint density at radius 1 is 0.917 bits per heavy atom. The maximum absolute atomic E-state index is 5.88. The van der Waals surface area contributed by atoms with Crippen LogP contribution in [0.25, 0.3) is 0 Å². The number of hydrogen-bond acceptors (Lipinski definition) is 0. The largest absolute Gasteiger partial charge is 0.0738 e. The van der Waals surface area contributed by atoms with E-state index >= 15 is 0 Å². The van der Waals surface area contributed by atoms with Crippen LogP contribution in [0.4, 0.5) is 0 Å². The second kappa shape index (κ2) is 6.57. The normalized spacial score (nSPS) is 11.9. The Morgan fingerprint density at radius 3 is 1.92 bits per heavy atom. The summed E-state index contributed by atoms with van der Waals surface area (Å²) in [5.74, 6) is 0. The van der Waals surface area contributed by atoms with E-state index in [1.165, 1.54) is 44.9 Å². The van der Waals surface area contributed by atoms with Gasteiger partial charge in [0, 0.05) is 0 Å². The fraction of sp³-hybridized carbons (Fsp3) is 1.00. The molecule has 0 amide bonds. The predicted octanol–water partition coefficient (Wildman–Crippen LogP) is 4.10. The molecule has 0 aromatic carbocycles. The lowest BCUT2D eigenvalue weighted by atomic mass is 9.69. The van der Waals surface area contributed by atoms with E-state index in [1.54, 1.807) is 0 Å². The fourth-order valence-corrected chi connectivity index (χ4v) is 1.36. The Morgan fingerprint density at radius 2 is 1.42 bits per heavy atom. The molecule has 0 unspecified atom stereocenters. The molecule has 0 fully saturated rings. The molecule has 0 aliphatic heterocycles. The van der Waals surface area contributed by atoms with Gasteiger partial charge in [-0.15, -0.1) is 0 Å². The Labute approximate surface area is 79.5 Å². The first-order valence-electron chi connectivity index (χ1n) is 5.35. The van der Waals surface area contributed by atoms with Crippen LogP contribution >= 0.6 is 0 Å². The fourth-order valence-electron chi connectivity index (χ4n) is 1.36. The molecule has 1 heteroatoms. The van der Waals surface area contributed by atoms with E-state index in [4.69, 9.17) is 7.85 Å². The van der Waals surface area contributed by atoms with Crippen molar-refractivity contribution in [3.8, 4) is 0 Å². The molecule has 0 saturated carbocycles. The maximum Gasteiger partial charge on any atom is 0.0738 e. The van der Waals surface area contributed by atoms with Crippen molar-refractivity contribution in [3.63, 3.8) is 0 Å². The third-order valence-electron chi connectivity index (χ3n) is 2.17. The molecule has 0 saturated heterocycles. The monoisotopic (exact) mass is 166 g/mol. The molecule has 0 atom stereocenters. The summed E-state index contributed by atoms with van der Waals surface area (Å²) in [7, 11) is 5.88. The average molecular weight is 166 g/mol. The van der Waals surface area contributed by atoms with Crippen LogP contribution in [0.2, 0.25) is 5.31 Å². The van der Waals surface area contributed by atoms with Gasteiger partial charge < -0.3 is 0 Å². The van der Waals surface area contributed by atoms with Gasteiger partial charge in [-0.1, -0.05) is 71.0 Å². The Kier molecular flexibility index (Phi) is 6.60. The first-order valence-corrected chi connectivity index (χ1v) is 5.35. The first kappa shape index (κ1) is 12.1. The minimum atomic E-state index is 0.0464. The van der Waals surface area contributed by atoms with E-state index in [0.717, 1.165) is 0 Å². The molecule has 0 nitrogen and oxygen atoms in total. The van der Waals surface area contributed by atoms with Crippen molar-refractivity contribution in [3.05, 3.63) is 0 Å². The maximum atomic E-state index is 5.88. The van der Waals surface area contributed by atoms with Crippen LogP contribution < -0.4 is 0 Å². The van der Waals surface area contributed by atoms with Gasteiger partial charge in [0.1, 0.15) is 0 Å². The van der Waals surface area contributed by atoms with E-state index in [-0.39, 0.29) is 5.31 Å². The zero-order chi connectivity index (χ0) is 9.45. The van der Waals surface area contributed by atoms with E-state index in [1.807, 2.05) is 0 Å². The first-order chi connectivity index (χ1) is 5.56. The van der Waals surface area contributed by atoms with Crippen LogP contribution in [-0.2, 0) is 0 Å². The highest BCUT2D eigenvalue weighted by atomic mass is 14.1. The van der Waals surface area contributed by atoms with Crippen molar-refractivity contribution in [1.29, 1.82) is 0 Å². The van der Waals surface area contributed by atoms with Gasteiger partial charge in [0.25, 0.3) is 0 Å². The third-order valence-corrected chi connectivity index (χ3v) is 2.17. The van der Waals surface area contributed by atoms with Crippen molar-refractivity contribution in [2.24, 2.45) is 0 Å². The van der Waals surface area contributed by atoms with Gasteiger partial charge in [-0.3, -0.25) is 0 Å². The van der Waals surface area contributed by atoms with Crippen LogP contribution in [0, 0.1) is 0 Å². The molecule has 0 aliphatic rings. The SMILES string of the molecule is [B]C(C)(C)CCCCCCCC. The molecule has 12 heavy (non-hydrogen) atoms. The summed E-state index contributed by atoms with van der Waals surface area (Å²) in [6.45, 7) is 6.47.